The molecule has 20 heteroatoms. The third kappa shape index (κ3) is 15.5. The van der Waals surface area contributed by atoms with Gasteiger partial charge in [-0.2, -0.15) is 0 Å². The Balaban J connectivity index is 0.000000132. The molecule has 498 valence electrons. The van der Waals surface area contributed by atoms with Gasteiger partial charge in [-0.25, -0.2) is 19.3 Å². The molecule has 3 aromatic heterocycles. The molecule has 0 spiro atoms. The summed E-state index contributed by atoms with van der Waals surface area (Å²) in [4.78, 5) is 69.1. The van der Waals surface area contributed by atoms with E-state index in [0.717, 1.165) is 136 Å². The van der Waals surface area contributed by atoms with Crippen molar-refractivity contribution < 1.29 is 50.9 Å². The van der Waals surface area contributed by atoms with Gasteiger partial charge >= 0.3 is 6.36 Å². The van der Waals surface area contributed by atoms with Gasteiger partial charge in [0, 0.05) is 85.3 Å². The first-order valence-corrected chi connectivity index (χ1v) is 32.7. The van der Waals surface area contributed by atoms with Crippen LogP contribution in [0.1, 0.15) is 105 Å². The number of methoxy groups -OCH3 is 2. The van der Waals surface area contributed by atoms with Crippen LogP contribution in [-0.4, -0.2) is 122 Å². The first kappa shape index (κ1) is 65.4. The number of hydrogen-bond acceptors (Lipinski definition) is 10. The van der Waals surface area contributed by atoms with Crippen LogP contribution in [0.3, 0.4) is 0 Å². The Morgan fingerprint density at radius 1 is 0.408 bits per heavy atom. The maximum absolute atomic E-state index is 13.1. The highest BCUT2D eigenvalue weighted by Crippen LogP contribution is 2.36. The normalized spacial score (nSPS) is 14.7. The summed E-state index contributed by atoms with van der Waals surface area (Å²) < 4.78 is 70.4. The molecular formula is C78H71F4N9O7. The number of H-pyrrole nitrogens is 3. The molecule has 3 N–H and O–H groups in total. The Hall–Kier alpha value is -11.3. The van der Waals surface area contributed by atoms with E-state index in [1.165, 1.54) is 24.3 Å². The van der Waals surface area contributed by atoms with Crippen molar-refractivity contribution in [3.8, 4) is 51.0 Å². The Morgan fingerprint density at radius 3 is 1.11 bits per heavy atom. The lowest BCUT2D eigenvalue weighted by atomic mass is 9.95. The molecule has 0 saturated carbocycles. The van der Waals surface area contributed by atoms with Gasteiger partial charge in [-0.1, -0.05) is 72.8 Å². The number of nitrogens with one attached hydrogen (secondary N) is 3. The molecule has 0 unspecified atom stereocenters. The van der Waals surface area contributed by atoms with Crippen molar-refractivity contribution in [2.24, 2.45) is 0 Å². The molecule has 3 aliphatic rings. The molecule has 0 radical (unpaired) electrons. The lowest BCUT2D eigenvalue weighted by molar-refractivity contribution is -0.274. The average molecular weight is 1320 g/mol. The fraction of sp³-hybridized carbons (Fsp3) is 0.231. The number of carbonyl (C=O) groups is 3. The Labute approximate surface area is 563 Å². The molecule has 98 heavy (non-hydrogen) atoms. The Kier molecular flexibility index (Phi) is 19.6. The first-order chi connectivity index (χ1) is 47.7. The van der Waals surface area contributed by atoms with Crippen molar-refractivity contribution in [2.45, 2.75) is 62.6 Å². The highest BCUT2D eigenvalue weighted by molar-refractivity contribution is 5.96. The zero-order chi connectivity index (χ0) is 67.7. The highest BCUT2D eigenvalue weighted by Gasteiger charge is 2.32. The molecule has 12 aromatic rings. The summed E-state index contributed by atoms with van der Waals surface area (Å²) in [5.41, 5.74) is 11.5. The second-order valence-electron chi connectivity index (χ2n) is 24.5. The van der Waals surface area contributed by atoms with Crippen molar-refractivity contribution in [3.05, 3.63) is 252 Å². The lowest BCUT2D eigenvalue weighted by Crippen LogP contribution is -2.38. The molecule has 0 aliphatic carbocycles. The topological polar surface area (TPSA) is 184 Å². The standard InChI is InChI=1S/C27H27N3O3.C26H22F3N3O2.C25H22FN3O2/c1-32-21-11-12-22(25(17-21)33-2)18-7-9-20(10-8-18)27(31)30-15-13-19(14-16-30)26-28-23-5-3-4-6-24(23)29-26;27-26(28,29)34-21-11-9-18(10-12-21)17-5-7-20(8-6-17)25(33)32-15-13-19(14-16-32)24-30-22-3-1-2-4-23(22)31-24;26-19-7-11-21(12-8-19)31-20-9-5-18(6-10-20)25(30)29-15-13-17(14-16-29)24-27-22-3-1-2-4-23(22)28-24/h3-12,17,19H,13-16H2,1-2H3,(H,28,29);1-12,19H,13-16H2,(H,30,31);1-12,17H,13-16H2,(H,27,28). The number of fused-ring (bicyclic) bond motifs is 3. The zero-order valence-electron chi connectivity index (χ0n) is 54.0. The number of piperidine rings is 3. The van der Waals surface area contributed by atoms with Crippen molar-refractivity contribution in [2.75, 3.05) is 53.5 Å². The molecule has 15 rings (SSSR count). The van der Waals surface area contributed by atoms with E-state index < -0.39 is 6.36 Å². The maximum Gasteiger partial charge on any atom is 0.573 e. The predicted octanol–water partition coefficient (Wildman–Crippen LogP) is 16.9. The minimum absolute atomic E-state index is 0.0244. The van der Waals surface area contributed by atoms with Crippen LogP contribution in [0.4, 0.5) is 17.6 Å². The predicted molar refractivity (Wildman–Crippen MR) is 368 cm³/mol. The third-order valence-electron chi connectivity index (χ3n) is 18.3. The fourth-order valence-corrected chi connectivity index (χ4v) is 12.9. The number of imidazole rings is 3. The van der Waals surface area contributed by atoms with Crippen LogP contribution < -0.4 is 18.9 Å². The summed E-state index contributed by atoms with van der Waals surface area (Å²) in [6.07, 6.45) is 0.560. The second kappa shape index (κ2) is 29.4. The van der Waals surface area contributed by atoms with Crippen molar-refractivity contribution in [3.63, 3.8) is 0 Å². The maximum atomic E-state index is 13.1. The summed E-state index contributed by atoms with van der Waals surface area (Å²) in [6, 6.07) is 63.2. The Bertz CT molecular complexity index is 4610. The lowest BCUT2D eigenvalue weighted by Gasteiger charge is -2.31. The zero-order valence-corrected chi connectivity index (χ0v) is 54.0. The molecular weight excluding hydrogens is 1250 g/mol. The number of halogens is 4. The number of ether oxygens (including phenoxy) is 4. The molecule has 0 bridgehead atoms. The van der Waals surface area contributed by atoms with Gasteiger partial charge in [-0.05, 0) is 189 Å². The van der Waals surface area contributed by atoms with Gasteiger partial charge < -0.3 is 48.6 Å². The number of aromatic nitrogens is 6. The molecule has 3 saturated heterocycles. The number of rotatable bonds is 13. The molecule has 0 atom stereocenters. The van der Waals surface area contributed by atoms with Crippen molar-refractivity contribution >= 4 is 50.8 Å². The van der Waals surface area contributed by atoms with Crippen molar-refractivity contribution in [1.29, 1.82) is 0 Å². The minimum Gasteiger partial charge on any atom is -0.497 e. The summed E-state index contributed by atoms with van der Waals surface area (Å²) in [5.74, 6) is 6.13. The van der Waals surface area contributed by atoms with Gasteiger partial charge in [0.05, 0.1) is 47.3 Å². The third-order valence-corrected chi connectivity index (χ3v) is 18.3. The van der Waals surface area contributed by atoms with Crippen LogP contribution in [-0.2, 0) is 0 Å². The van der Waals surface area contributed by atoms with E-state index in [1.54, 1.807) is 87.0 Å². The molecule has 3 fully saturated rings. The monoisotopic (exact) mass is 1320 g/mol. The molecule has 6 heterocycles. The van der Waals surface area contributed by atoms with Crippen molar-refractivity contribution in [1.82, 2.24) is 44.6 Å². The number of nitrogens with zero attached hydrogens (tertiary/aromatic N) is 6. The average Bonchev–Trinajstić information content (AvgIpc) is 1.62. The van der Waals surface area contributed by atoms with E-state index in [2.05, 4.69) is 25.8 Å². The summed E-state index contributed by atoms with van der Waals surface area (Å²) in [6.45, 7) is 4.18. The quantitative estimate of drug-likeness (QED) is 0.0939. The van der Waals surface area contributed by atoms with Crippen LogP contribution in [0.5, 0.6) is 28.7 Å². The number of alkyl halides is 3. The van der Waals surface area contributed by atoms with Gasteiger partial charge in [0.2, 0.25) is 0 Å². The summed E-state index contributed by atoms with van der Waals surface area (Å²) in [5, 5.41) is 0. The first-order valence-electron chi connectivity index (χ1n) is 32.7. The van der Waals surface area contributed by atoms with Crippen LogP contribution in [0.15, 0.2) is 212 Å². The number of carbonyl (C=O) groups excluding carboxylic acids is 3. The number of hydrogen-bond donors (Lipinski definition) is 3. The molecule has 3 amide bonds. The largest absolute Gasteiger partial charge is 0.573 e. The van der Waals surface area contributed by atoms with Crippen LogP contribution in [0.2, 0.25) is 0 Å². The molecule has 16 nitrogen and oxygen atoms in total. The van der Waals surface area contributed by atoms with E-state index in [-0.39, 0.29) is 29.3 Å². The smallest absolute Gasteiger partial charge is 0.497 e. The van der Waals surface area contributed by atoms with Gasteiger partial charge in [-0.15, -0.1) is 13.2 Å². The number of benzene rings is 9. The van der Waals surface area contributed by atoms with Gasteiger partial charge in [0.1, 0.15) is 52.0 Å². The van der Waals surface area contributed by atoms with Gasteiger partial charge in [0.25, 0.3) is 17.7 Å². The number of para-hydroxylation sites is 6. The second-order valence-corrected chi connectivity index (χ2v) is 24.5. The van der Waals surface area contributed by atoms with E-state index >= 15 is 0 Å². The van der Waals surface area contributed by atoms with E-state index in [0.29, 0.717) is 72.1 Å². The molecule has 3 aliphatic heterocycles. The SMILES string of the molecule is COc1ccc(-c2ccc(C(=O)N3CCC(c4nc5ccccc5[nH]4)CC3)cc2)c(OC)c1.O=C(c1ccc(-c2ccc(OC(F)(F)F)cc2)cc1)N1CCC(c2nc3ccccc3[nH]2)CC1.O=C(c1ccc(Oc2ccc(F)cc2)cc1)N1CCC(c2nc3ccccc3[nH]2)CC1. The van der Waals surface area contributed by atoms with Gasteiger partial charge in [0.15, 0.2) is 0 Å². The van der Waals surface area contributed by atoms with Crippen LogP contribution in [0, 0.1) is 5.82 Å². The summed E-state index contributed by atoms with van der Waals surface area (Å²) >= 11 is 0. The van der Waals surface area contributed by atoms with Crippen LogP contribution >= 0.6 is 0 Å². The highest BCUT2D eigenvalue weighted by atomic mass is 19.4. The Morgan fingerprint density at radius 2 is 0.745 bits per heavy atom. The van der Waals surface area contributed by atoms with E-state index in [1.807, 2.05) is 124 Å². The molecule has 9 aromatic carbocycles. The van der Waals surface area contributed by atoms with E-state index in [9.17, 15) is 31.9 Å². The van der Waals surface area contributed by atoms with Gasteiger partial charge in [-0.3, -0.25) is 14.4 Å². The minimum atomic E-state index is -4.72. The number of aromatic amines is 3. The number of amides is 3. The van der Waals surface area contributed by atoms with E-state index in [4.69, 9.17) is 29.2 Å². The van der Waals surface area contributed by atoms with Crippen LogP contribution in [0.25, 0.3) is 55.4 Å². The fourth-order valence-electron chi connectivity index (χ4n) is 12.9. The summed E-state index contributed by atoms with van der Waals surface area (Å²) in [7, 11) is 3.28. The number of likely N-dealkylation sites (tertiary alicyclic amines) is 3.